The topological polar surface area (TPSA) is 70.8 Å². The summed E-state index contributed by atoms with van der Waals surface area (Å²) in [5.74, 6) is 2.67. The van der Waals surface area contributed by atoms with E-state index in [0.29, 0.717) is 21.8 Å². The van der Waals surface area contributed by atoms with Gasteiger partial charge < -0.3 is 4.90 Å². The monoisotopic (exact) mass is 471 g/mol. The predicted molar refractivity (Wildman–Crippen MR) is 124 cm³/mol. The van der Waals surface area contributed by atoms with Crippen LogP contribution in [0.3, 0.4) is 0 Å². The average Bonchev–Trinajstić information content (AvgIpc) is 3.32. The summed E-state index contributed by atoms with van der Waals surface area (Å²) in [5.41, 5.74) is -0.0362. The van der Waals surface area contributed by atoms with Crippen molar-refractivity contribution < 1.29 is 18.4 Å². The van der Waals surface area contributed by atoms with Gasteiger partial charge in [0.25, 0.3) is 0 Å². The van der Waals surface area contributed by atoms with E-state index in [1.54, 1.807) is 55.7 Å². The van der Waals surface area contributed by atoms with E-state index in [9.17, 15) is 9.59 Å². The lowest BCUT2D eigenvalue weighted by Crippen LogP contribution is -2.60. The number of halogens is 2. The van der Waals surface area contributed by atoms with Crippen LogP contribution in [0, 0.1) is 23.5 Å². The highest BCUT2D eigenvalue weighted by Gasteiger charge is 2.48. The second-order valence-electron chi connectivity index (χ2n) is 8.37. The van der Waals surface area contributed by atoms with Crippen molar-refractivity contribution in [3.05, 3.63) is 95.4 Å². The number of carbonyl (C=O) groups excluding carboxylic acids is 2. The van der Waals surface area contributed by atoms with Crippen LogP contribution in [0.2, 0.25) is 0 Å². The van der Waals surface area contributed by atoms with Gasteiger partial charge in [0.15, 0.2) is 17.3 Å². The number of aromatic nitrogens is 3. The Hall–Kier alpha value is -4.58. The Kier molecular flexibility index (Phi) is 5.29. The van der Waals surface area contributed by atoms with Gasteiger partial charge in [0.1, 0.15) is 5.69 Å². The molecule has 35 heavy (non-hydrogen) atoms. The minimum Gasteiger partial charge on any atom is -0.315 e. The van der Waals surface area contributed by atoms with Crippen LogP contribution < -0.4 is 4.90 Å². The maximum absolute atomic E-state index is 15.1. The summed E-state index contributed by atoms with van der Waals surface area (Å²) in [4.78, 5) is 32.3. The van der Waals surface area contributed by atoms with Crippen molar-refractivity contribution in [2.75, 3.05) is 11.9 Å². The number of urea groups is 1. The predicted octanol–water partition coefficient (Wildman–Crippen LogP) is 4.11. The van der Waals surface area contributed by atoms with Gasteiger partial charge in [-0.3, -0.25) is 4.79 Å². The third-order valence-corrected chi connectivity index (χ3v) is 6.14. The molecule has 9 heteroatoms. The van der Waals surface area contributed by atoms with Crippen LogP contribution in [-0.4, -0.2) is 38.5 Å². The molecule has 0 saturated carbocycles. The molecule has 2 aromatic heterocycles. The highest BCUT2D eigenvalue weighted by molar-refractivity contribution is 6.16. The van der Waals surface area contributed by atoms with Crippen LogP contribution in [0.15, 0.2) is 67.0 Å². The van der Waals surface area contributed by atoms with Crippen molar-refractivity contribution in [1.82, 2.24) is 19.5 Å². The van der Waals surface area contributed by atoms with Crippen LogP contribution in [0.4, 0.5) is 19.3 Å². The summed E-state index contributed by atoms with van der Waals surface area (Å²) >= 11 is 0. The Morgan fingerprint density at radius 3 is 2.37 bits per heavy atom. The second-order valence-corrected chi connectivity index (χ2v) is 8.37. The Balaban J connectivity index is 1.48. The van der Waals surface area contributed by atoms with Crippen molar-refractivity contribution in [3.63, 3.8) is 0 Å². The van der Waals surface area contributed by atoms with Gasteiger partial charge in [-0.2, -0.15) is 5.10 Å². The molecule has 0 aliphatic carbocycles. The summed E-state index contributed by atoms with van der Waals surface area (Å²) in [6.45, 7) is 1.68. The average molecular weight is 471 g/mol. The molecule has 0 unspecified atom stereocenters. The Labute approximate surface area is 199 Å². The second kappa shape index (κ2) is 8.33. The molecule has 5 rings (SSSR count). The number of hydrogen-bond donors (Lipinski definition) is 0. The first-order chi connectivity index (χ1) is 16.8. The fourth-order valence-corrected chi connectivity index (χ4v) is 4.06. The van der Waals surface area contributed by atoms with Crippen LogP contribution in [0.5, 0.6) is 0 Å². The molecule has 1 aliphatic heterocycles. The van der Waals surface area contributed by atoms with E-state index < -0.39 is 34.8 Å². The molecular formula is C26H19F2N5O2. The molecule has 0 spiro atoms. The molecule has 174 valence electrons. The van der Waals surface area contributed by atoms with E-state index in [-0.39, 0.29) is 12.0 Å². The lowest BCUT2D eigenvalue weighted by molar-refractivity contribution is -0.122. The smallest absolute Gasteiger partial charge is 0.315 e. The summed E-state index contributed by atoms with van der Waals surface area (Å²) in [7, 11) is 1.47. The first-order valence-electron chi connectivity index (χ1n) is 10.8. The van der Waals surface area contributed by atoms with Crippen molar-refractivity contribution >= 4 is 23.3 Å². The maximum atomic E-state index is 15.1. The van der Waals surface area contributed by atoms with Gasteiger partial charge in [-0.25, -0.2) is 28.0 Å². The van der Waals surface area contributed by atoms with Gasteiger partial charge in [0.2, 0.25) is 5.91 Å². The third-order valence-electron chi connectivity index (χ3n) is 6.14. The number of imide groups is 1. The number of carbonyl (C=O) groups is 2. The molecule has 4 aromatic rings. The van der Waals surface area contributed by atoms with Crippen LogP contribution in [0.25, 0.3) is 5.65 Å². The molecule has 0 N–H and O–H groups in total. The number of benzene rings is 2. The van der Waals surface area contributed by atoms with E-state index >= 15 is 8.78 Å². The van der Waals surface area contributed by atoms with Crippen LogP contribution in [-0.2, 0) is 10.3 Å². The Bertz CT molecular complexity index is 1520. The number of anilines is 1. The molecule has 1 aliphatic rings. The number of fused-ring (bicyclic) bond motifs is 1. The summed E-state index contributed by atoms with van der Waals surface area (Å²) in [6.07, 6.45) is 3.00. The normalized spacial score (nSPS) is 18.1. The molecule has 0 bridgehead atoms. The highest BCUT2D eigenvalue weighted by atomic mass is 19.1. The third kappa shape index (κ3) is 3.79. The number of amides is 3. The number of imidazole rings is 1. The molecule has 7 nitrogen and oxygen atoms in total. The summed E-state index contributed by atoms with van der Waals surface area (Å²) in [6, 6.07) is 13.5. The van der Waals surface area contributed by atoms with E-state index in [1.807, 2.05) is 6.07 Å². The highest BCUT2D eigenvalue weighted by Crippen LogP contribution is 2.38. The van der Waals surface area contributed by atoms with Crippen LogP contribution >= 0.6 is 0 Å². The lowest BCUT2D eigenvalue weighted by atomic mass is 9.88. The fourth-order valence-electron chi connectivity index (χ4n) is 4.06. The number of rotatable bonds is 2. The van der Waals surface area contributed by atoms with E-state index in [1.165, 1.54) is 16.5 Å². The maximum Gasteiger partial charge on any atom is 0.332 e. The van der Waals surface area contributed by atoms with Crippen molar-refractivity contribution in [3.8, 4) is 11.8 Å². The van der Waals surface area contributed by atoms with Gasteiger partial charge in [0.05, 0.1) is 17.7 Å². The van der Waals surface area contributed by atoms with Gasteiger partial charge in [-0.05, 0) is 43.3 Å². The van der Waals surface area contributed by atoms with Crippen molar-refractivity contribution in [2.45, 2.75) is 18.9 Å². The van der Waals surface area contributed by atoms with Crippen LogP contribution in [0.1, 0.15) is 30.2 Å². The molecule has 3 heterocycles. The fraction of sp³-hybridized carbons (Fsp3) is 0.154. The zero-order chi connectivity index (χ0) is 24.7. The molecule has 0 radical (unpaired) electrons. The largest absolute Gasteiger partial charge is 0.332 e. The number of nitrogens with zero attached hydrogens (tertiary/aromatic N) is 5. The van der Waals surface area contributed by atoms with E-state index in [0.717, 1.165) is 12.1 Å². The van der Waals surface area contributed by atoms with Crippen molar-refractivity contribution in [1.29, 1.82) is 0 Å². The zero-order valence-electron chi connectivity index (χ0n) is 18.9. The lowest BCUT2D eigenvalue weighted by Gasteiger charge is -2.44. The van der Waals surface area contributed by atoms with Gasteiger partial charge in [-0.1, -0.05) is 30.0 Å². The van der Waals surface area contributed by atoms with E-state index in [4.69, 9.17) is 0 Å². The quantitative estimate of drug-likeness (QED) is 0.413. The Morgan fingerprint density at radius 1 is 0.971 bits per heavy atom. The first kappa shape index (κ1) is 22.2. The SMILES string of the molecule is CN1C(=O)N(c2c(F)cc(C#Cc3ccccc3)cc2F)C(=O)C[C@@]1(C)c1ccc2nccn2n1. The van der Waals surface area contributed by atoms with Crippen molar-refractivity contribution in [2.24, 2.45) is 0 Å². The molecule has 3 amide bonds. The minimum absolute atomic E-state index is 0.0838. The number of hydrogen-bond acceptors (Lipinski definition) is 4. The molecule has 1 fully saturated rings. The summed E-state index contributed by atoms with van der Waals surface area (Å²) < 4.78 is 31.6. The Morgan fingerprint density at radius 2 is 1.66 bits per heavy atom. The standard InChI is InChI=1S/C26H19F2N5O2/c1-26(21-10-11-22-29-12-13-32(22)30-21)16-23(34)33(25(35)31(26)2)24-19(27)14-18(15-20(24)28)9-8-17-6-4-3-5-7-17/h3-7,10-15H,16H2,1-2H3/t26-/m0/s1. The zero-order valence-corrected chi connectivity index (χ0v) is 18.9. The molecule has 2 aromatic carbocycles. The minimum atomic E-state index is -1.13. The van der Waals surface area contributed by atoms with Gasteiger partial charge in [0, 0.05) is 30.6 Å². The van der Waals surface area contributed by atoms with Gasteiger partial charge >= 0.3 is 6.03 Å². The molecule has 1 atom stereocenters. The first-order valence-corrected chi connectivity index (χ1v) is 10.8. The van der Waals surface area contributed by atoms with Gasteiger partial charge in [-0.15, -0.1) is 0 Å². The van der Waals surface area contributed by atoms with E-state index in [2.05, 4.69) is 21.9 Å². The summed E-state index contributed by atoms with van der Waals surface area (Å²) in [5, 5.41) is 4.47. The molecule has 1 saturated heterocycles. The molecular weight excluding hydrogens is 452 g/mol.